The molecule has 0 aromatic heterocycles. The van der Waals surface area contributed by atoms with Crippen LogP contribution < -0.4 is 0 Å². The fourth-order valence-electron chi connectivity index (χ4n) is 3.20. The van der Waals surface area contributed by atoms with Gasteiger partial charge in [-0.15, -0.1) is 0 Å². The van der Waals surface area contributed by atoms with Crippen molar-refractivity contribution in [3.05, 3.63) is 0 Å². The lowest BCUT2D eigenvalue weighted by atomic mass is 9.86. The SMILES string of the molecule is COC1CCC(C(=O)OC2CCC(C)CC2F)CC1. The van der Waals surface area contributed by atoms with E-state index < -0.39 is 12.3 Å². The van der Waals surface area contributed by atoms with Crippen molar-refractivity contribution in [1.82, 2.24) is 0 Å². The number of alkyl halides is 1. The second kappa shape index (κ2) is 6.69. The lowest BCUT2D eigenvalue weighted by Gasteiger charge is -2.32. The van der Waals surface area contributed by atoms with Crippen molar-refractivity contribution in [3.63, 3.8) is 0 Å². The van der Waals surface area contributed by atoms with E-state index in [9.17, 15) is 9.18 Å². The molecule has 0 aromatic rings. The molecule has 2 rings (SSSR count). The molecule has 0 aliphatic heterocycles. The fraction of sp³-hybridized carbons (Fsp3) is 0.933. The molecule has 2 saturated carbocycles. The summed E-state index contributed by atoms with van der Waals surface area (Å²) in [4.78, 5) is 12.1. The van der Waals surface area contributed by atoms with E-state index in [0.29, 0.717) is 18.8 Å². The van der Waals surface area contributed by atoms with Crippen molar-refractivity contribution in [2.45, 2.75) is 70.2 Å². The average Bonchev–Trinajstić information content (AvgIpc) is 2.42. The van der Waals surface area contributed by atoms with Crippen molar-refractivity contribution in [3.8, 4) is 0 Å². The first-order chi connectivity index (χ1) is 9.10. The molecule has 4 heteroatoms. The molecule has 0 radical (unpaired) electrons. The highest BCUT2D eigenvalue weighted by molar-refractivity contribution is 5.72. The van der Waals surface area contributed by atoms with Gasteiger partial charge in [-0.1, -0.05) is 6.92 Å². The molecule has 0 spiro atoms. The number of carbonyl (C=O) groups excluding carboxylic acids is 1. The molecule has 3 atom stereocenters. The molecule has 0 saturated heterocycles. The smallest absolute Gasteiger partial charge is 0.309 e. The van der Waals surface area contributed by atoms with E-state index in [1.54, 1.807) is 7.11 Å². The second-order valence-electron chi connectivity index (χ2n) is 6.12. The van der Waals surface area contributed by atoms with Crippen molar-refractivity contribution in [2.75, 3.05) is 7.11 Å². The zero-order valence-corrected chi connectivity index (χ0v) is 11.9. The normalized spacial score (nSPS) is 39.8. The van der Waals surface area contributed by atoms with Crippen LogP contribution in [0.4, 0.5) is 4.39 Å². The Morgan fingerprint density at radius 2 is 1.79 bits per heavy atom. The van der Waals surface area contributed by atoms with Crippen LogP contribution in [0.3, 0.4) is 0 Å². The minimum atomic E-state index is -0.983. The highest BCUT2D eigenvalue weighted by atomic mass is 19.1. The van der Waals surface area contributed by atoms with Crippen molar-refractivity contribution in [1.29, 1.82) is 0 Å². The zero-order valence-electron chi connectivity index (χ0n) is 11.9. The largest absolute Gasteiger partial charge is 0.459 e. The fourth-order valence-corrected chi connectivity index (χ4v) is 3.20. The predicted octanol–water partition coefficient (Wildman–Crippen LogP) is 3.26. The third-order valence-corrected chi connectivity index (χ3v) is 4.58. The quantitative estimate of drug-likeness (QED) is 0.740. The lowest BCUT2D eigenvalue weighted by Crippen LogP contribution is -2.37. The number of hydrogen-bond acceptors (Lipinski definition) is 3. The van der Waals surface area contributed by atoms with Gasteiger partial charge >= 0.3 is 5.97 Å². The Bertz CT molecular complexity index is 300. The molecule has 19 heavy (non-hydrogen) atoms. The molecule has 3 unspecified atom stereocenters. The minimum Gasteiger partial charge on any atom is -0.459 e. The molecule has 3 nitrogen and oxygen atoms in total. The zero-order chi connectivity index (χ0) is 13.8. The Labute approximate surface area is 114 Å². The summed E-state index contributed by atoms with van der Waals surface area (Å²) >= 11 is 0. The van der Waals surface area contributed by atoms with Crippen molar-refractivity contribution in [2.24, 2.45) is 11.8 Å². The number of esters is 1. The van der Waals surface area contributed by atoms with Gasteiger partial charge in [0.1, 0.15) is 12.3 Å². The Hall–Kier alpha value is -0.640. The van der Waals surface area contributed by atoms with Crippen LogP contribution in [-0.4, -0.2) is 31.5 Å². The van der Waals surface area contributed by atoms with Gasteiger partial charge in [-0.25, -0.2) is 4.39 Å². The van der Waals surface area contributed by atoms with E-state index >= 15 is 0 Å². The number of ether oxygens (including phenoxy) is 2. The summed E-state index contributed by atoms with van der Waals surface area (Å²) < 4.78 is 24.5. The number of halogens is 1. The first-order valence-corrected chi connectivity index (χ1v) is 7.47. The molecule has 0 N–H and O–H groups in total. The van der Waals surface area contributed by atoms with Crippen LogP contribution in [0.25, 0.3) is 0 Å². The molecule has 0 aromatic carbocycles. The monoisotopic (exact) mass is 272 g/mol. The van der Waals surface area contributed by atoms with Crippen LogP contribution >= 0.6 is 0 Å². The molecule has 110 valence electrons. The summed E-state index contributed by atoms with van der Waals surface area (Å²) in [7, 11) is 1.71. The van der Waals surface area contributed by atoms with Crippen LogP contribution in [0.15, 0.2) is 0 Å². The number of rotatable bonds is 3. The van der Waals surface area contributed by atoms with Gasteiger partial charge < -0.3 is 9.47 Å². The van der Waals surface area contributed by atoms with Gasteiger partial charge in [-0.2, -0.15) is 0 Å². The van der Waals surface area contributed by atoms with E-state index in [1.165, 1.54) is 0 Å². The summed E-state index contributed by atoms with van der Waals surface area (Å²) in [5.74, 6) is 0.150. The standard InChI is InChI=1S/C15H25FO3/c1-10-3-8-14(13(16)9-10)19-15(17)11-4-6-12(18-2)7-5-11/h10-14H,3-9H2,1-2H3. The Kier molecular flexibility index (Phi) is 5.20. The second-order valence-corrected chi connectivity index (χ2v) is 6.12. The van der Waals surface area contributed by atoms with Crippen molar-refractivity contribution >= 4 is 5.97 Å². The van der Waals surface area contributed by atoms with Gasteiger partial charge in [0.25, 0.3) is 0 Å². The third kappa shape index (κ3) is 3.91. The van der Waals surface area contributed by atoms with Crippen LogP contribution in [-0.2, 0) is 14.3 Å². The average molecular weight is 272 g/mol. The molecule has 2 fully saturated rings. The topological polar surface area (TPSA) is 35.5 Å². The van der Waals surface area contributed by atoms with Crippen LogP contribution in [0.2, 0.25) is 0 Å². The highest BCUT2D eigenvalue weighted by Crippen LogP contribution is 2.31. The first kappa shape index (κ1) is 14.8. The summed E-state index contributed by atoms with van der Waals surface area (Å²) in [5.41, 5.74) is 0. The van der Waals surface area contributed by atoms with Gasteiger partial charge in [0.05, 0.1) is 12.0 Å². The van der Waals surface area contributed by atoms with E-state index in [0.717, 1.165) is 32.1 Å². The van der Waals surface area contributed by atoms with Crippen LogP contribution in [0, 0.1) is 11.8 Å². The van der Waals surface area contributed by atoms with E-state index in [4.69, 9.17) is 9.47 Å². The van der Waals surface area contributed by atoms with E-state index in [-0.39, 0.29) is 18.0 Å². The van der Waals surface area contributed by atoms with Crippen LogP contribution in [0.1, 0.15) is 51.9 Å². The van der Waals surface area contributed by atoms with Gasteiger partial charge in [0, 0.05) is 7.11 Å². The lowest BCUT2D eigenvalue weighted by molar-refractivity contribution is -0.162. The first-order valence-electron chi connectivity index (χ1n) is 7.47. The molecular weight excluding hydrogens is 247 g/mol. The van der Waals surface area contributed by atoms with Crippen LogP contribution in [0.5, 0.6) is 0 Å². The highest BCUT2D eigenvalue weighted by Gasteiger charge is 2.34. The maximum atomic E-state index is 13.8. The number of hydrogen-bond donors (Lipinski definition) is 0. The number of carbonyl (C=O) groups is 1. The van der Waals surface area contributed by atoms with Gasteiger partial charge in [-0.3, -0.25) is 4.79 Å². The summed E-state index contributed by atoms with van der Waals surface area (Å²) in [6.07, 6.45) is 4.33. The van der Waals surface area contributed by atoms with Gasteiger partial charge in [0.2, 0.25) is 0 Å². The van der Waals surface area contributed by atoms with Gasteiger partial charge in [0.15, 0.2) is 0 Å². The summed E-state index contributed by atoms with van der Waals surface area (Å²) in [6, 6.07) is 0. The minimum absolute atomic E-state index is 0.0575. The maximum absolute atomic E-state index is 13.8. The Morgan fingerprint density at radius 1 is 1.11 bits per heavy atom. The summed E-state index contributed by atoms with van der Waals surface area (Å²) in [5, 5.41) is 0. The molecule has 0 heterocycles. The summed E-state index contributed by atoms with van der Waals surface area (Å²) in [6.45, 7) is 2.05. The molecule has 0 bridgehead atoms. The van der Waals surface area contributed by atoms with Crippen molar-refractivity contribution < 1.29 is 18.7 Å². The Morgan fingerprint density at radius 3 is 2.37 bits per heavy atom. The molecule has 0 amide bonds. The van der Waals surface area contributed by atoms with Gasteiger partial charge in [-0.05, 0) is 50.9 Å². The predicted molar refractivity (Wildman–Crippen MR) is 70.5 cm³/mol. The Balaban J connectivity index is 1.78. The third-order valence-electron chi connectivity index (χ3n) is 4.58. The van der Waals surface area contributed by atoms with E-state index in [2.05, 4.69) is 6.92 Å². The molecule has 2 aliphatic carbocycles. The number of methoxy groups -OCH3 is 1. The maximum Gasteiger partial charge on any atom is 0.309 e. The molecular formula is C15H25FO3. The molecule has 2 aliphatic rings. The van der Waals surface area contributed by atoms with E-state index in [1.807, 2.05) is 0 Å².